The van der Waals surface area contributed by atoms with Gasteiger partial charge in [0.05, 0.1) is 0 Å². The molecule has 1 heterocycles. The monoisotopic (exact) mass is 316 g/mol. The third-order valence-electron chi connectivity index (χ3n) is 4.19. The molecule has 0 unspecified atom stereocenters. The van der Waals surface area contributed by atoms with E-state index in [1.54, 1.807) is 17.0 Å². The van der Waals surface area contributed by atoms with Gasteiger partial charge in [-0.25, -0.2) is 0 Å². The molecule has 1 N–H and O–H groups in total. The summed E-state index contributed by atoms with van der Waals surface area (Å²) in [5, 5.41) is 2.89. The quantitative estimate of drug-likeness (QED) is 0.846. The van der Waals surface area contributed by atoms with Gasteiger partial charge >= 0.3 is 0 Å². The highest BCUT2D eigenvalue weighted by Crippen LogP contribution is 2.13. The summed E-state index contributed by atoms with van der Waals surface area (Å²) in [6.45, 7) is 4.77. The highest BCUT2D eigenvalue weighted by molar-refractivity contribution is 5.98. The molecule has 2 amide bonds. The minimum Gasteiger partial charge on any atom is -0.353 e. The van der Waals surface area contributed by atoms with Gasteiger partial charge in [-0.15, -0.1) is 0 Å². The predicted molar refractivity (Wildman–Crippen MR) is 88.2 cm³/mol. The summed E-state index contributed by atoms with van der Waals surface area (Å²) in [5.41, 5.74) is 1.77. The number of carbonyl (C=O) groups is 3. The first-order valence-electron chi connectivity index (χ1n) is 8.10. The normalized spacial score (nSPS) is 15.3. The maximum absolute atomic E-state index is 12.2. The average molecular weight is 316 g/mol. The van der Waals surface area contributed by atoms with E-state index in [0.29, 0.717) is 18.7 Å². The van der Waals surface area contributed by atoms with Crippen molar-refractivity contribution in [1.29, 1.82) is 0 Å². The van der Waals surface area contributed by atoms with Crippen molar-refractivity contribution in [3.63, 3.8) is 0 Å². The Hall–Kier alpha value is -2.17. The Morgan fingerprint density at radius 1 is 1.09 bits per heavy atom. The van der Waals surface area contributed by atoms with Crippen LogP contribution in [0.25, 0.3) is 0 Å². The van der Waals surface area contributed by atoms with E-state index in [1.165, 1.54) is 6.92 Å². The fraction of sp³-hybridized carbons (Fsp3) is 0.500. The molecule has 0 atom stereocenters. The van der Waals surface area contributed by atoms with Crippen LogP contribution < -0.4 is 5.32 Å². The van der Waals surface area contributed by atoms with Crippen molar-refractivity contribution in [1.82, 2.24) is 10.2 Å². The number of likely N-dealkylation sites (tertiary alicyclic amines) is 1. The number of Topliss-reactive ketones (excluding diaryl/α,β-unsaturated/α-hetero) is 1. The molecular weight excluding hydrogens is 292 g/mol. The molecule has 23 heavy (non-hydrogen) atoms. The molecule has 0 aromatic heterocycles. The van der Waals surface area contributed by atoms with Crippen LogP contribution >= 0.6 is 0 Å². The van der Waals surface area contributed by atoms with E-state index in [9.17, 15) is 14.4 Å². The summed E-state index contributed by atoms with van der Waals surface area (Å²) < 4.78 is 0. The van der Waals surface area contributed by atoms with E-state index in [-0.39, 0.29) is 36.5 Å². The highest BCUT2D eigenvalue weighted by atomic mass is 16.2. The van der Waals surface area contributed by atoms with Crippen LogP contribution in [0.1, 0.15) is 48.5 Å². The Kier molecular flexibility index (Phi) is 5.90. The summed E-state index contributed by atoms with van der Waals surface area (Å²) in [5.74, 6) is -0.00306. The number of benzene rings is 1. The number of nitrogens with zero attached hydrogens (tertiary/aromatic N) is 1. The van der Waals surface area contributed by atoms with Crippen LogP contribution in [-0.4, -0.2) is 41.6 Å². The average Bonchev–Trinajstić information content (AvgIpc) is 2.53. The Balaban J connectivity index is 1.76. The second-order valence-corrected chi connectivity index (χ2v) is 6.14. The van der Waals surface area contributed by atoms with Crippen LogP contribution in [-0.2, 0) is 9.59 Å². The maximum atomic E-state index is 12.2. The molecule has 0 radical (unpaired) electrons. The Labute approximate surface area is 137 Å². The standard InChI is InChI=1S/C18H24N2O3/c1-13-3-5-15(6-4-13)17(22)7-8-18(23)20-11-9-16(10-12-20)19-14(2)21/h3-6,16H,7-12H2,1-2H3,(H,19,21). The van der Waals surface area contributed by atoms with E-state index in [4.69, 9.17) is 0 Å². The first-order valence-corrected chi connectivity index (χ1v) is 8.10. The number of nitrogens with one attached hydrogen (secondary N) is 1. The molecule has 1 aromatic rings. The fourth-order valence-corrected chi connectivity index (χ4v) is 2.82. The lowest BCUT2D eigenvalue weighted by Crippen LogP contribution is -2.46. The Morgan fingerprint density at radius 3 is 2.26 bits per heavy atom. The molecule has 2 rings (SSSR count). The number of ketones is 1. The number of aryl methyl sites for hydroxylation is 1. The lowest BCUT2D eigenvalue weighted by molar-refractivity contribution is -0.132. The van der Waals surface area contributed by atoms with Crippen LogP contribution in [0.3, 0.4) is 0 Å². The zero-order chi connectivity index (χ0) is 16.8. The number of hydrogen-bond acceptors (Lipinski definition) is 3. The fourth-order valence-electron chi connectivity index (χ4n) is 2.82. The summed E-state index contributed by atoms with van der Waals surface area (Å²) in [4.78, 5) is 37.1. The molecule has 1 saturated heterocycles. The predicted octanol–water partition coefficient (Wildman–Crippen LogP) is 2.09. The summed E-state index contributed by atoms with van der Waals surface area (Å²) in [7, 11) is 0. The third-order valence-corrected chi connectivity index (χ3v) is 4.19. The molecule has 0 aliphatic carbocycles. The van der Waals surface area contributed by atoms with E-state index < -0.39 is 0 Å². The molecule has 0 bridgehead atoms. The van der Waals surface area contributed by atoms with E-state index in [2.05, 4.69) is 5.32 Å². The molecule has 5 nitrogen and oxygen atoms in total. The van der Waals surface area contributed by atoms with Crippen LogP contribution in [0.4, 0.5) is 0 Å². The van der Waals surface area contributed by atoms with Crippen LogP contribution in [0, 0.1) is 6.92 Å². The van der Waals surface area contributed by atoms with Crippen LogP contribution in [0.2, 0.25) is 0 Å². The van der Waals surface area contributed by atoms with Gasteiger partial charge in [0.1, 0.15) is 0 Å². The molecule has 1 fully saturated rings. The molecule has 1 aliphatic rings. The van der Waals surface area contributed by atoms with Gasteiger partial charge in [0, 0.05) is 44.5 Å². The van der Waals surface area contributed by atoms with E-state index in [1.807, 2.05) is 19.1 Å². The van der Waals surface area contributed by atoms with Gasteiger partial charge in [0.15, 0.2) is 5.78 Å². The van der Waals surface area contributed by atoms with Crippen molar-refractivity contribution in [2.75, 3.05) is 13.1 Å². The number of carbonyl (C=O) groups excluding carboxylic acids is 3. The second kappa shape index (κ2) is 7.90. The van der Waals surface area contributed by atoms with Gasteiger partial charge in [-0.05, 0) is 19.8 Å². The molecule has 5 heteroatoms. The molecule has 0 saturated carbocycles. The molecule has 124 valence electrons. The van der Waals surface area contributed by atoms with Gasteiger partial charge in [-0.2, -0.15) is 0 Å². The van der Waals surface area contributed by atoms with Gasteiger partial charge in [0.2, 0.25) is 11.8 Å². The van der Waals surface area contributed by atoms with E-state index in [0.717, 1.165) is 18.4 Å². The largest absolute Gasteiger partial charge is 0.353 e. The second-order valence-electron chi connectivity index (χ2n) is 6.14. The SMILES string of the molecule is CC(=O)NC1CCN(C(=O)CCC(=O)c2ccc(C)cc2)CC1. The van der Waals surface area contributed by atoms with Crippen molar-refractivity contribution in [3.8, 4) is 0 Å². The number of amides is 2. The molecular formula is C18H24N2O3. The highest BCUT2D eigenvalue weighted by Gasteiger charge is 2.23. The van der Waals surface area contributed by atoms with E-state index >= 15 is 0 Å². The minimum absolute atomic E-state index is 0.00600. The van der Waals surface area contributed by atoms with Crippen molar-refractivity contribution in [2.24, 2.45) is 0 Å². The van der Waals surface area contributed by atoms with Gasteiger partial charge in [0.25, 0.3) is 0 Å². The molecule has 1 aromatic carbocycles. The van der Waals surface area contributed by atoms with Gasteiger partial charge < -0.3 is 10.2 Å². The molecule has 0 spiro atoms. The minimum atomic E-state index is -0.0292. The Morgan fingerprint density at radius 2 is 1.70 bits per heavy atom. The third kappa shape index (κ3) is 5.20. The lowest BCUT2D eigenvalue weighted by atomic mass is 10.0. The zero-order valence-electron chi connectivity index (χ0n) is 13.8. The summed E-state index contributed by atoms with van der Waals surface area (Å²) >= 11 is 0. The van der Waals surface area contributed by atoms with Crippen LogP contribution in [0.5, 0.6) is 0 Å². The molecule has 1 aliphatic heterocycles. The number of piperidine rings is 1. The van der Waals surface area contributed by atoms with Gasteiger partial charge in [-0.1, -0.05) is 29.8 Å². The zero-order valence-corrected chi connectivity index (χ0v) is 13.8. The lowest BCUT2D eigenvalue weighted by Gasteiger charge is -2.32. The number of hydrogen-bond donors (Lipinski definition) is 1. The van der Waals surface area contributed by atoms with Crippen molar-refractivity contribution >= 4 is 17.6 Å². The Bertz CT molecular complexity index is 572. The summed E-state index contributed by atoms with van der Waals surface area (Å²) in [6.07, 6.45) is 2.04. The van der Waals surface area contributed by atoms with Crippen LogP contribution in [0.15, 0.2) is 24.3 Å². The van der Waals surface area contributed by atoms with Gasteiger partial charge in [-0.3, -0.25) is 14.4 Å². The number of rotatable bonds is 5. The smallest absolute Gasteiger partial charge is 0.223 e. The van der Waals surface area contributed by atoms with Crippen molar-refractivity contribution in [3.05, 3.63) is 35.4 Å². The maximum Gasteiger partial charge on any atom is 0.223 e. The first-order chi connectivity index (χ1) is 11.0. The van der Waals surface area contributed by atoms with Crippen molar-refractivity contribution < 1.29 is 14.4 Å². The first kappa shape index (κ1) is 17.2. The topological polar surface area (TPSA) is 66.5 Å². The summed E-state index contributed by atoms with van der Waals surface area (Å²) in [6, 6.07) is 7.58. The van der Waals surface area contributed by atoms with Crippen molar-refractivity contribution in [2.45, 2.75) is 45.6 Å².